The number of rotatable bonds is 9. The van der Waals surface area contributed by atoms with E-state index in [0.717, 1.165) is 16.7 Å². The van der Waals surface area contributed by atoms with E-state index in [9.17, 15) is 9.59 Å². The molecule has 1 aliphatic rings. The summed E-state index contributed by atoms with van der Waals surface area (Å²) in [5.74, 6) is 0.627. The molecule has 1 aliphatic heterocycles. The first-order chi connectivity index (χ1) is 20.3. The maximum atomic E-state index is 13.9. The van der Waals surface area contributed by atoms with Crippen molar-refractivity contribution in [2.75, 3.05) is 13.2 Å². The highest BCUT2D eigenvalue weighted by Crippen LogP contribution is 2.38. The largest absolute Gasteiger partial charge is 0.490 e. The van der Waals surface area contributed by atoms with Gasteiger partial charge in [0, 0.05) is 5.02 Å². The first-order valence-corrected chi connectivity index (χ1v) is 15.4. The van der Waals surface area contributed by atoms with Gasteiger partial charge in [-0.1, -0.05) is 65.4 Å². The van der Waals surface area contributed by atoms with E-state index in [-0.39, 0.29) is 12.2 Å². The van der Waals surface area contributed by atoms with Crippen LogP contribution >= 0.6 is 38.9 Å². The number of halogens is 2. The summed E-state index contributed by atoms with van der Waals surface area (Å²) in [7, 11) is 0. The van der Waals surface area contributed by atoms with Gasteiger partial charge >= 0.3 is 5.97 Å². The van der Waals surface area contributed by atoms with Crippen LogP contribution in [0.15, 0.2) is 92.3 Å². The van der Waals surface area contributed by atoms with Crippen LogP contribution in [0.4, 0.5) is 0 Å². The third-order valence-electron chi connectivity index (χ3n) is 6.56. The number of esters is 1. The van der Waals surface area contributed by atoms with Crippen molar-refractivity contribution < 1.29 is 19.0 Å². The third kappa shape index (κ3) is 6.23. The zero-order valence-electron chi connectivity index (χ0n) is 23.2. The van der Waals surface area contributed by atoms with E-state index < -0.39 is 12.0 Å². The predicted molar refractivity (Wildman–Crippen MR) is 168 cm³/mol. The fourth-order valence-corrected chi connectivity index (χ4v) is 6.45. The van der Waals surface area contributed by atoms with Gasteiger partial charge in [-0.2, -0.15) is 0 Å². The van der Waals surface area contributed by atoms with E-state index in [1.54, 1.807) is 36.6 Å². The van der Waals surface area contributed by atoms with Crippen molar-refractivity contribution >= 4 is 50.9 Å². The zero-order chi connectivity index (χ0) is 29.8. The Hall–Kier alpha value is -3.66. The molecular formula is C32H28BrClN2O5S. The number of fused-ring (bicyclic) bond motifs is 1. The maximum Gasteiger partial charge on any atom is 0.338 e. The molecule has 42 heavy (non-hydrogen) atoms. The van der Waals surface area contributed by atoms with Crippen LogP contribution in [-0.4, -0.2) is 23.8 Å². The van der Waals surface area contributed by atoms with Gasteiger partial charge in [-0.05, 0) is 83.7 Å². The van der Waals surface area contributed by atoms with Gasteiger partial charge in [0.15, 0.2) is 16.3 Å². The number of carbonyl (C=O) groups is 1. The molecule has 7 nitrogen and oxygen atoms in total. The van der Waals surface area contributed by atoms with Crippen LogP contribution in [0.3, 0.4) is 0 Å². The van der Waals surface area contributed by atoms with Gasteiger partial charge in [0.25, 0.3) is 5.56 Å². The number of hydrogen-bond donors (Lipinski definition) is 0. The third-order valence-corrected chi connectivity index (χ3v) is 8.38. The Morgan fingerprint density at radius 2 is 1.81 bits per heavy atom. The first-order valence-electron chi connectivity index (χ1n) is 13.4. The van der Waals surface area contributed by atoms with E-state index in [1.165, 1.54) is 11.3 Å². The van der Waals surface area contributed by atoms with Gasteiger partial charge < -0.3 is 14.2 Å². The van der Waals surface area contributed by atoms with Crippen LogP contribution in [0.1, 0.15) is 43.5 Å². The molecule has 0 radical (unpaired) electrons. The molecule has 4 aromatic rings. The van der Waals surface area contributed by atoms with Crippen LogP contribution in [0, 0.1) is 0 Å². The minimum Gasteiger partial charge on any atom is -0.490 e. The van der Waals surface area contributed by atoms with E-state index >= 15 is 0 Å². The first kappa shape index (κ1) is 29.8. The molecule has 216 valence electrons. The molecule has 0 N–H and O–H groups in total. The highest BCUT2D eigenvalue weighted by Gasteiger charge is 2.33. The van der Waals surface area contributed by atoms with Gasteiger partial charge in [0.2, 0.25) is 0 Å². The van der Waals surface area contributed by atoms with Crippen molar-refractivity contribution in [3.63, 3.8) is 0 Å². The van der Waals surface area contributed by atoms with Crippen molar-refractivity contribution in [3.05, 3.63) is 124 Å². The van der Waals surface area contributed by atoms with Crippen molar-refractivity contribution in [3.8, 4) is 11.5 Å². The minimum atomic E-state index is -0.709. The molecule has 1 unspecified atom stereocenters. The second-order valence-corrected chi connectivity index (χ2v) is 11.7. The molecule has 1 aromatic heterocycles. The summed E-state index contributed by atoms with van der Waals surface area (Å²) in [6, 6.07) is 20.0. The summed E-state index contributed by atoms with van der Waals surface area (Å²) in [6.07, 6.45) is 1.79. The fraction of sp³-hybridized carbons (Fsp3) is 0.219. The number of benzene rings is 3. The molecule has 2 heterocycles. The van der Waals surface area contributed by atoms with Crippen LogP contribution < -0.4 is 24.4 Å². The predicted octanol–water partition coefficient (Wildman–Crippen LogP) is 6.19. The van der Waals surface area contributed by atoms with E-state index in [0.29, 0.717) is 54.8 Å². The monoisotopic (exact) mass is 666 g/mol. The summed E-state index contributed by atoms with van der Waals surface area (Å²) >= 11 is 11.0. The lowest BCUT2D eigenvalue weighted by atomic mass is 9.96. The summed E-state index contributed by atoms with van der Waals surface area (Å²) in [4.78, 5) is 32.1. The molecule has 0 fully saturated rings. The quantitative estimate of drug-likeness (QED) is 0.199. The SMILES string of the molecule is CCOC(=O)C1=C(C)N=c2sc(=Cc3cc(Br)c(OCc4ccccc4)c(OCC)c3)c(=O)n2C1c1ccc(Cl)cc1. The molecule has 1 atom stereocenters. The number of aromatic nitrogens is 1. The second kappa shape index (κ2) is 13.1. The molecule has 5 rings (SSSR count). The lowest BCUT2D eigenvalue weighted by Crippen LogP contribution is -2.39. The molecule has 0 aliphatic carbocycles. The van der Waals surface area contributed by atoms with Crippen LogP contribution in [-0.2, 0) is 16.1 Å². The Kier molecular flexibility index (Phi) is 9.30. The number of allylic oxidation sites excluding steroid dienone is 1. The number of carbonyl (C=O) groups excluding carboxylic acids is 1. The molecule has 10 heteroatoms. The van der Waals surface area contributed by atoms with Gasteiger partial charge in [-0.3, -0.25) is 9.36 Å². The standard InChI is InChI=1S/C32H28BrClN2O5S/c1-4-39-25-16-21(15-24(33)29(25)41-18-20-9-7-6-8-10-20)17-26-30(37)36-28(22-11-13-23(34)14-12-22)27(31(38)40-5-2)19(3)35-32(36)42-26/h6-17,28H,4-5,18H2,1-3H3. The molecule has 3 aromatic carbocycles. The van der Waals surface area contributed by atoms with Crippen molar-refractivity contribution in [1.82, 2.24) is 4.57 Å². The zero-order valence-corrected chi connectivity index (χ0v) is 26.4. The number of hydrogen-bond acceptors (Lipinski definition) is 7. The molecule has 0 saturated carbocycles. The van der Waals surface area contributed by atoms with Crippen molar-refractivity contribution in [2.45, 2.75) is 33.4 Å². The summed E-state index contributed by atoms with van der Waals surface area (Å²) in [5.41, 5.74) is 3.05. The minimum absolute atomic E-state index is 0.204. The van der Waals surface area contributed by atoms with Gasteiger partial charge in [0.05, 0.1) is 39.5 Å². The lowest BCUT2D eigenvalue weighted by molar-refractivity contribution is -0.139. The van der Waals surface area contributed by atoms with Gasteiger partial charge in [-0.25, -0.2) is 9.79 Å². The Labute approximate surface area is 260 Å². The maximum absolute atomic E-state index is 13.9. The molecule has 0 amide bonds. The number of thiazole rings is 1. The summed E-state index contributed by atoms with van der Waals surface area (Å²) in [6.45, 7) is 6.43. The van der Waals surface area contributed by atoms with Crippen molar-refractivity contribution in [1.29, 1.82) is 0 Å². The van der Waals surface area contributed by atoms with Gasteiger partial charge in [0.1, 0.15) is 6.61 Å². The van der Waals surface area contributed by atoms with Crippen LogP contribution in [0.5, 0.6) is 11.5 Å². The Morgan fingerprint density at radius 1 is 1.07 bits per heavy atom. The van der Waals surface area contributed by atoms with E-state index in [1.807, 2.05) is 61.5 Å². The Balaban J connectivity index is 1.59. The summed E-state index contributed by atoms with van der Waals surface area (Å²) in [5, 5.41) is 0.552. The van der Waals surface area contributed by atoms with Gasteiger partial charge in [-0.15, -0.1) is 0 Å². The smallest absolute Gasteiger partial charge is 0.338 e. The fourth-order valence-electron chi connectivity index (χ4n) is 4.71. The average molecular weight is 668 g/mol. The molecular weight excluding hydrogens is 640 g/mol. The number of nitrogens with zero attached hydrogens (tertiary/aromatic N) is 2. The second-order valence-electron chi connectivity index (χ2n) is 9.39. The lowest BCUT2D eigenvalue weighted by Gasteiger charge is -2.24. The van der Waals surface area contributed by atoms with E-state index in [4.69, 9.17) is 25.8 Å². The van der Waals surface area contributed by atoms with E-state index in [2.05, 4.69) is 20.9 Å². The number of ether oxygens (including phenoxy) is 3. The molecule has 0 bridgehead atoms. The molecule has 0 spiro atoms. The van der Waals surface area contributed by atoms with Crippen molar-refractivity contribution in [2.24, 2.45) is 4.99 Å². The van der Waals surface area contributed by atoms with Crippen LogP contribution in [0.25, 0.3) is 6.08 Å². The molecule has 0 saturated heterocycles. The highest BCUT2D eigenvalue weighted by molar-refractivity contribution is 9.10. The summed E-state index contributed by atoms with van der Waals surface area (Å²) < 4.78 is 20.1. The normalized spacial score (nSPS) is 14.8. The Bertz CT molecular complexity index is 1830. The highest BCUT2D eigenvalue weighted by atomic mass is 79.9. The average Bonchev–Trinajstić information content (AvgIpc) is 3.27. The van der Waals surface area contributed by atoms with Crippen LogP contribution in [0.2, 0.25) is 5.02 Å². The topological polar surface area (TPSA) is 79.1 Å². The Morgan fingerprint density at radius 3 is 2.50 bits per heavy atom.